The molecule has 3 aromatic rings. The van der Waals surface area contributed by atoms with Crippen molar-refractivity contribution in [2.45, 2.75) is 39.0 Å². The van der Waals surface area contributed by atoms with E-state index < -0.39 is 0 Å². The first-order chi connectivity index (χ1) is 13.6. The van der Waals surface area contributed by atoms with E-state index in [0.717, 1.165) is 59.8 Å². The van der Waals surface area contributed by atoms with Crippen LogP contribution >= 0.6 is 0 Å². The van der Waals surface area contributed by atoms with Gasteiger partial charge in [-0.3, -0.25) is 14.8 Å². The van der Waals surface area contributed by atoms with Gasteiger partial charge in [-0.25, -0.2) is 0 Å². The number of hydrogen-bond acceptors (Lipinski definition) is 5. The fourth-order valence-corrected chi connectivity index (χ4v) is 3.92. The van der Waals surface area contributed by atoms with Crippen LogP contribution in [0.25, 0.3) is 11.1 Å². The number of aryl methyl sites for hydroxylation is 2. The van der Waals surface area contributed by atoms with Crippen molar-refractivity contribution >= 4 is 5.91 Å². The molecule has 0 spiro atoms. The van der Waals surface area contributed by atoms with Crippen LogP contribution in [0.5, 0.6) is 0 Å². The number of likely N-dealkylation sites (tertiary alicyclic amines) is 1. The van der Waals surface area contributed by atoms with Gasteiger partial charge in [0.05, 0.1) is 12.1 Å². The summed E-state index contributed by atoms with van der Waals surface area (Å²) < 4.78 is 5.26. The topological polar surface area (TPSA) is 72.1 Å². The Hall–Kier alpha value is -3.02. The van der Waals surface area contributed by atoms with Gasteiger partial charge < -0.3 is 9.42 Å². The lowest BCUT2D eigenvalue weighted by Crippen LogP contribution is -2.40. The maximum atomic E-state index is 12.7. The highest BCUT2D eigenvalue weighted by molar-refractivity contribution is 5.78. The molecule has 1 amide bonds. The largest absolute Gasteiger partial charge is 0.361 e. The third-order valence-electron chi connectivity index (χ3n) is 5.38. The lowest BCUT2D eigenvalue weighted by atomic mass is 9.93. The zero-order valence-corrected chi connectivity index (χ0v) is 16.3. The van der Waals surface area contributed by atoms with Gasteiger partial charge in [0.1, 0.15) is 5.76 Å². The number of pyridine rings is 2. The Labute approximate surface area is 164 Å². The van der Waals surface area contributed by atoms with Crippen molar-refractivity contribution in [1.29, 1.82) is 0 Å². The smallest absolute Gasteiger partial charge is 0.227 e. The van der Waals surface area contributed by atoms with E-state index in [0.29, 0.717) is 6.42 Å². The molecular weight excluding hydrogens is 352 g/mol. The van der Waals surface area contributed by atoms with Crippen LogP contribution in [-0.4, -0.2) is 39.0 Å². The summed E-state index contributed by atoms with van der Waals surface area (Å²) in [5, 5.41) is 4.02. The summed E-state index contributed by atoms with van der Waals surface area (Å²) in [5.41, 5.74) is 4.89. The van der Waals surface area contributed by atoms with Gasteiger partial charge in [-0.15, -0.1) is 0 Å². The highest BCUT2D eigenvalue weighted by atomic mass is 16.5. The van der Waals surface area contributed by atoms with Gasteiger partial charge >= 0.3 is 0 Å². The minimum absolute atomic E-state index is 0.157. The highest BCUT2D eigenvalue weighted by Gasteiger charge is 2.25. The Morgan fingerprint density at radius 2 is 2.14 bits per heavy atom. The van der Waals surface area contributed by atoms with Gasteiger partial charge in [-0.05, 0) is 44.4 Å². The number of amides is 1. The quantitative estimate of drug-likeness (QED) is 0.694. The molecular formula is C22H24N4O2. The summed E-state index contributed by atoms with van der Waals surface area (Å²) in [5.74, 6) is 1.23. The van der Waals surface area contributed by atoms with Gasteiger partial charge in [-0.2, -0.15) is 0 Å². The number of aromatic nitrogens is 3. The van der Waals surface area contributed by atoms with Crippen LogP contribution in [0.3, 0.4) is 0 Å². The number of nitrogens with zero attached hydrogens (tertiary/aromatic N) is 4. The van der Waals surface area contributed by atoms with E-state index in [1.165, 1.54) is 0 Å². The van der Waals surface area contributed by atoms with Crippen LogP contribution in [0.15, 0.2) is 47.4 Å². The summed E-state index contributed by atoms with van der Waals surface area (Å²) in [6.07, 6.45) is 7.82. The molecule has 0 aromatic carbocycles. The van der Waals surface area contributed by atoms with Crippen molar-refractivity contribution in [1.82, 2.24) is 20.0 Å². The first-order valence-electron chi connectivity index (χ1n) is 9.67. The number of hydrogen-bond donors (Lipinski definition) is 0. The summed E-state index contributed by atoms with van der Waals surface area (Å²) in [4.78, 5) is 23.4. The summed E-state index contributed by atoms with van der Waals surface area (Å²) in [6.45, 7) is 5.38. The lowest BCUT2D eigenvalue weighted by Gasteiger charge is -2.32. The van der Waals surface area contributed by atoms with Crippen LogP contribution in [0.2, 0.25) is 0 Å². The third-order valence-corrected chi connectivity index (χ3v) is 5.38. The SMILES string of the molecule is Cc1noc(C)c1-c1ccc([C@H]2CCCN(C(=O)Cc3cccnc3)C2)nc1. The minimum Gasteiger partial charge on any atom is -0.361 e. The zero-order chi connectivity index (χ0) is 19.5. The van der Waals surface area contributed by atoms with E-state index in [2.05, 4.69) is 22.3 Å². The molecule has 3 aromatic heterocycles. The number of piperidine rings is 1. The normalized spacial score (nSPS) is 16.9. The Kier molecular flexibility index (Phi) is 5.19. The molecule has 0 bridgehead atoms. The van der Waals surface area contributed by atoms with Crippen molar-refractivity contribution in [3.05, 3.63) is 65.6 Å². The van der Waals surface area contributed by atoms with Crippen LogP contribution < -0.4 is 0 Å². The molecule has 6 nitrogen and oxygen atoms in total. The van der Waals surface area contributed by atoms with E-state index in [1.807, 2.05) is 37.1 Å². The van der Waals surface area contributed by atoms with Gasteiger partial charge in [0.25, 0.3) is 0 Å². The van der Waals surface area contributed by atoms with E-state index in [9.17, 15) is 4.79 Å². The van der Waals surface area contributed by atoms with E-state index in [-0.39, 0.29) is 11.8 Å². The molecule has 0 radical (unpaired) electrons. The van der Waals surface area contributed by atoms with E-state index in [4.69, 9.17) is 9.51 Å². The Balaban J connectivity index is 1.45. The molecule has 1 fully saturated rings. The molecule has 4 heterocycles. The summed E-state index contributed by atoms with van der Waals surface area (Å²) in [7, 11) is 0. The summed E-state index contributed by atoms with van der Waals surface area (Å²) >= 11 is 0. The molecule has 0 unspecified atom stereocenters. The fraction of sp³-hybridized carbons (Fsp3) is 0.364. The zero-order valence-electron chi connectivity index (χ0n) is 16.3. The standard InChI is InChI=1S/C22H24N4O2/c1-15-22(16(2)28-25-15)18-7-8-20(24-13-18)19-6-4-10-26(14-19)21(27)11-17-5-3-9-23-12-17/h3,5,7-9,12-13,19H,4,6,10-11,14H2,1-2H3/t19-/m0/s1. The molecule has 1 aliphatic rings. The molecule has 28 heavy (non-hydrogen) atoms. The highest BCUT2D eigenvalue weighted by Crippen LogP contribution is 2.30. The van der Waals surface area contributed by atoms with Crippen LogP contribution in [-0.2, 0) is 11.2 Å². The summed E-state index contributed by atoms with van der Waals surface area (Å²) in [6, 6.07) is 7.96. The maximum Gasteiger partial charge on any atom is 0.227 e. The Morgan fingerprint density at radius 1 is 1.25 bits per heavy atom. The van der Waals surface area contributed by atoms with Crippen molar-refractivity contribution in [2.24, 2.45) is 0 Å². The van der Waals surface area contributed by atoms with Gasteiger partial charge in [-0.1, -0.05) is 17.3 Å². The molecule has 4 rings (SSSR count). The third kappa shape index (κ3) is 3.81. The fourth-order valence-electron chi connectivity index (χ4n) is 3.92. The Morgan fingerprint density at radius 3 is 2.82 bits per heavy atom. The lowest BCUT2D eigenvalue weighted by molar-refractivity contribution is -0.131. The average molecular weight is 376 g/mol. The predicted octanol–water partition coefficient (Wildman–Crippen LogP) is 3.70. The predicted molar refractivity (Wildman–Crippen MR) is 106 cm³/mol. The van der Waals surface area contributed by atoms with Crippen molar-refractivity contribution < 1.29 is 9.32 Å². The first-order valence-corrected chi connectivity index (χ1v) is 9.67. The van der Waals surface area contributed by atoms with Crippen LogP contribution in [0.1, 0.15) is 41.5 Å². The minimum atomic E-state index is 0.157. The molecule has 0 saturated carbocycles. The van der Waals surface area contributed by atoms with Gasteiger partial charge in [0, 0.05) is 54.4 Å². The van der Waals surface area contributed by atoms with Gasteiger partial charge in [0.2, 0.25) is 5.91 Å². The number of carbonyl (C=O) groups excluding carboxylic acids is 1. The van der Waals surface area contributed by atoms with Crippen LogP contribution in [0.4, 0.5) is 0 Å². The molecule has 6 heteroatoms. The van der Waals surface area contributed by atoms with E-state index >= 15 is 0 Å². The maximum absolute atomic E-state index is 12.7. The molecule has 1 aliphatic heterocycles. The monoisotopic (exact) mass is 376 g/mol. The van der Waals surface area contributed by atoms with Crippen molar-refractivity contribution in [3.8, 4) is 11.1 Å². The second-order valence-electron chi connectivity index (χ2n) is 7.39. The second kappa shape index (κ2) is 7.92. The van der Waals surface area contributed by atoms with Crippen molar-refractivity contribution in [2.75, 3.05) is 13.1 Å². The average Bonchev–Trinajstić information content (AvgIpc) is 3.07. The van der Waals surface area contributed by atoms with Crippen LogP contribution in [0, 0.1) is 13.8 Å². The Bertz CT molecular complexity index is 931. The molecule has 0 aliphatic carbocycles. The van der Waals surface area contributed by atoms with E-state index in [1.54, 1.807) is 12.4 Å². The van der Waals surface area contributed by atoms with Crippen molar-refractivity contribution in [3.63, 3.8) is 0 Å². The van der Waals surface area contributed by atoms with Gasteiger partial charge in [0.15, 0.2) is 0 Å². The molecule has 1 atom stereocenters. The molecule has 144 valence electrons. The second-order valence-corrected chi connectivity index (χ2v) is 7.39. The molecule has 1 saturated heterocycles. The number of rotatable bonds is 4. The molecule has 0 N–H and O–H groups in total. The first kappa shape index (κ1) is 18.3. The number of carbonyl (C=O) groups is 1.